The molecule has 2 aromatic rings. The van der Waals surface area contributed by atoms with Gasteiger partial charge in [0.05, 0.1) is 6.54 Å². The molecule has 1 unspecified atom stereocenters. The molecule has 0 saturated heterocycles. The molecule has 1 aliphatic rings. The number of rotatable bonds is 4. The monoisotopic (exact) mass is 215 g/mol. The maximum Gasteiger partial charge on any atom is 0.134 e. The molecule has 0 bridgehead atoms. The predicted molar refractivity (Wildman–Crippen MR) is 65.2 cm³/mol. The standard InChI is InChI=1S/C14H17NO/c1-10(11-6-7-11)15-9-13-8-12-4-2-3-5-14(12)16-13/h2-5,8,10-11,15H,6-7,9H2,1H3. The van der Waals surface area contributed by atoms with Crippen molar-refractivity contribution < 1.29 is 4.42 Å². The maximum absolute atomic E-state index is 5.76. The lowest BCUT2D eigenvalue weighted by Crippen LogP contribution is -2.26. The van der Waals surface area contributed by atoms with E-state index in [1.165, 1.54) is 18.2 Å². The second-order valence-corrected chi connectivity index (χ2v) is 4.76. The fourth-order valence-corrected chi connectivity index (χ4v) is 2.15. The van der Waals surface area contributed by atoms with E-state index in [4.69, 9.17) is 4.42 Å². The largest absolute Gasteiger partial charge is 0.460 e. The van der Waals surface area contributed by atoms with Gasteiger partial charge in [-0.3, -0.25) is 0 Å². The van der Waals surface area contributed by atoms with Crippen LogP contribution in [-0.2, 0) is 6.54 Å². The Balaban J connectivity index is 1.69. The van der Waals surface area contributed by atoms with Gasteiger partial charge in [0.25, 0.3) is 0 Å². The minimum absolute atomic E-state index is 0.619. The summed E-state index contributed by atoms with van der Waals surface area (Å²) in [6, 6.07) is 10.9. The molecule has 0 amide bonds. The SMILES string of the molecule is CC(NCc1cc2ccccc2o1)C1CC1. The summed E-state index contributed by atoms with van der Waals surface area (Å²) in [4.78, 5) is 0. The van der Waals surface area contributed by atoms with Gasteiger partial charge in [0.2, 0.25) is 0 Å². The Bertz CT molecular complexity index is 451. The summed E-state index contributed by atoms with van der Waals surface area (Å²) in [5.41, 5.74) is 0.985. The van der Waals surface area contributed by atoms with Crippen LogP contribution in [0.25, 0.3) is 11.0 Å². The van der Waals surface area contributed by atoms with Crippen LogP contribution in [0.3, 0.4) is 0 Å². The average molecular weight is 215 g/mol. The zero-order valence-corrected chi connectivity index (χ0v) is 9.57. The zero-order valence-electron chi connectivity index (χ0n) is 9.57. The Morgan fingerprint density at radius 1 is 1.38 bits per heavy atom. The van der Waals surface area contributed by atoms with E-state index >= 15 is 0 Å². The van der Waals surface area contributed by atoms with Crippen molar-refractivity contribution in [3.05, 3.63) is 36.1 Å². The molecule has 1 atom stereocenters. The number of nitrogens with one attached hydrogen (secondary N) is 1. The third-order valence-electron chi connectivity index (χ3n) is 3.40. The van der Waals surface area contributed by atoms with E-state index in [0.717, 1.165) is 23.8 Å². The highest BCUT2D eigenvalue weighted by Crippen LogP contribution is 2.32. The van der Waals surface area contributed by atoms with Gasteiger partial charge in [0.1, 0.15) is 11.3 Å². The molecular formula is C14H17NO. The van der Waals surface area contributed by atoms with Crippen molar-refractivity contribution in [1.29, 1.82) is 0 Å². The van der Waals surface area contributed by atoms with Gasteiger partial charge in [-0.05, 0) is 37.8 Å². The summed E-state index contributed by atoms with van der Waals surface area (Å²) in [6.07, 6.45) is 2.77. The summed E-state index contributed by atoms with van der Waals surface area (Å²) in [5, 5.41) is 4.72. The zero-order chi connectivity index (χ0) is 11.0. The van der Waals surface area contributed by atoms with Crippen LogP contribution in [0.5, 0.6) is 0 Å². The fraction of sp³-hybridized carbons (Fsp3) is 0.429. The van der Waals surface area contributed by atoms with Crippen molar-refractivity contribution in [2.24, 2.45) is 5.92 Å². The highest BCUT2D eigenvalue weighted by molar-refractivity contribution is 5.77. The Morgan fingerprint density at radius 2 is 2.19 bits per heavy atom. The van der Waals surface area contributed by atoms with Gasteiger partial charge in [-0.15, -0.1) is 0 Å². The maximum atomic E-state index is 5.76. The van der Waals surface area contributed by atoms with Crippen molar-refractivity contribution in [2.45, 2.75) is 32.4 Å². The molecule has 2 heteroatoms. The minimum Gasteiger partial charge on any atom is -0.460 e. The molecule has 2 nitrogen and oxygen atoms in total. The van der Waals surface area contributed by atoms with Crippen LogP contribution in [0.2, 0.25) is 0 Å². The molecular weight excluding hydrogens is 198 g/mol. The molecule has 0 spiro atoms. The Hall–Kier alpha value is -1.28. The Kier molecular flexibility index (Phi) is 2.44. The van der Waals surface area contributed by atoms with Crippen LogP contribution < -0.4 is 5.32 Å². The van der Waals surface area contributed by atoms with Crippen molar-refractivity contribution in [3.8, 4) is 0 Å². The van der Waals surface area contributed by atoms with E-state index in [2.05, 4.69) is 24.4 Å². The van der Waals surface area contributed by atoms with Crippen LogP contribution in [0.1, 0.15) is 25.5 Å². The summed E-state index contributed by atoms with van der Waals surface area (Å²) < 4.78 is 5.76. The lowest BCUT2D eigenvalue weighted by Gasteiger charge is -2.10. The molecule has 16 heavy (non-hydrogen) atoms. The molecule has 1 fully saturated rings. The van der Waals surface area contributed by atoms with E-state index in [-0.39, 0.29) is 0 Å². The van der Waals surface area contributed by atoms with E-state index in [9.17, 15) is 0 Å². The van der Waals surface area contributed by atoms with Gasteiger partial charge in [0.15, 0.2) is 0 Å². The lowest BCUT2D eigenvalue weighted by atomic mass is 10.2. The molecule has 84 valence electrons. The quantitative estimate of drug-likeness (QED) is 0.846. The first-order chi connectivity index (χ1) is 7.83. The summed E-state index contributed by atoms with van der Waals surface area (Å²) in [7, 11) is 0. The highest BCUT2D eigenvalue weighted by Gasteiger charge is 2.27. The van der Waals surface area contributed by atoms with E-state index in [1.807, 2.05) is 18.2 Å². The van der Waals surface area contributed by atoms with Crippen molar-refractivity contribution in [3.63, 3.8) is 0 Å². The van der Waals surface area contributed by atoms with Gasteiger partial charge in [-0.2, -0.15) is 0 Å². The van der Waals surface area contributed by atoms with Crippen molar-refractivity contribution >= 4 is 11.0 Å². The van der Waals surface area contributed by atoms with Gasteiger partial charge < -0.3 is 9.73 Å². The summed E-state index contributed by atoms with van der Waals surface area (Å²) in [6.45, 7) is 3.10. The first kappa shape index (κ1) is 9.91. The van der Waals surface area contributed by atoms with Crippen LogP contribution in [0.15, 0.2) is 34.7 Å². The van der Waals surface area contributed by atoms with E-state index in [0.29, 0.717) is 6.04 Å². The van der Waals surface area contributed by atoms with E-state index < -0.39 is 0 Å². The summed E-state index contributed by atoms with van der Waals surface area (Å²) in [5.74, 6) is 1.93. The Morgan fingerprint density at radius 3 is 2.94 bits per heavy atom. The molecule has 1 aromatic heterocycles. The first-order valence-electron chi connectivity index (χ1n) is 6.04. The van der Waals surface area contributed by atoms with Gasteiger partial charge in [-0.25, -0.2) is 0 Å². The van der Waals surface area contributed by atoms with Crippen LogP contribution in [0.4, 0.5) is 0 Å². The van der Waals surface area contributed by atoms with E-state index in [1.54, 1.807) is 0 Å². The highest BCUT2D eigenvalue weighted by atomic mass is 16.3. The number of furan rings is 1. The second-order valence-electron chi connectivity index (χ2n) is 4.76. The fourth-order valence-electron chi connectivity index (χ4n) is 2.15. The third kappa shape index (κ3) is 1.98. The molecule has 0 radical (unpaired) electrons. The normalized spacial score (nSPS) is 17.8. The second kappa shape index (κ2) is 3.95. The lowest BCUT2D eigenvalue weighted by molar-refractivity contribution is 0.448. The molecule has 1 aliphatic carbocycles. The molecule has 1 saturated carbocycles. The van der Waals surface area contributed by atoms with Crippen LogP contribution in [0, 0.1) is 5.92 Å². The average Bonchev–Trinajstić information content (AvgIpc) is 3.06. The number of para-hydroxylation sites is 1. The number of fused-ring (bicyclic) bond motifs is 1. The molecule has 0 aliphatic heterocycles. The van der Waals surface area contributed by atoms with Gasteiger partial charge in [-0.1, -0.05) is 18.2 Å². The smallest absolute Gasteiger partial charge is 0.134 e. The van der Waals surface area contributed by atoms with Crippen LogP contribution >= 0.6 is 0 Å². The van der Waals surface area contributed by atoms with Crippen LogP contribution in [-0.4, -0.2) is 6.04 Å². The van der Waals surface area contributed by atoms with Crippen molar-refractivity contribution in [2.75, 3.05) is 0 Å². The molecule has 1 heterocycles. The summed E-state index contributed by atoms with van der Waals surface area (Å²) >= 11 is 0. The minimum atomic E-state index is 0.619. The number of hydrogen-bond donors (Lipinski definition) is 1. The van der Waals surface area contributed by atoms with Gasteiger partial charge in [0, 0.05) is 11.4 Å². The number of hydrogen-bond acceptors (Lipinski definition) is 2. The molecule has 1 aromatic carbocycles. The van der Waals surface area contributed by atoms with Gasteiger partial charge >= 0.3 is 0 Å². The Labute approximate surface area is 95.6 Å². The molecule has 1 N–H and O–H groups in total. The topological polar surface area (TPSA) is 25.2 Å². The molecule has 3 rings (SSSR count). The third-order valence-corrected chi connectivity index (χ3v) is 3.40. The number of benzene rings is 1. The van der Waals surface area contributed by atoms with Crippen molar-refractivity contribution in [1.82, 2.24) is 5.32 Å². The predicted octanol–water partition coefficient (Wildman–Crippen LogP) is 3.32. The first-order valence-corrected chi connectivity index (χ1v) is 6.04.